The van der Waals surface area contributed by atoms with Crippen LogP contribution in [0.4, 0.5) is 13.2 Å². The minimum Gasteiger partial charge on any atom is -0.352 e. The van der Waals surface area contributed by atoms with Crippen molar-refractivity contribution in [2.45, 2.75) is 23.8 Å². The molecule has 1 atom stereocenters. The van der Waals surface area contributed by atoms with Gasteiger partial charge in [-0.25, -0.2) is 8.42 Å². The quantitative estimate of drug-likeness (QED) is 0.522. The fraction of sp³-hybridized carbons (Fsp3) is 0.300. The molecule has 33 heavy (non-hydrogen) atoms. The second kappa shape index (κ2) is 9.14. The lowest BCUT2D eigenvalue weighted by Gasteiger charge is -2.14. The SMILES string of the molecule is O=C(CSc1nnc(-c2cccnc2)n1-c1cccc(C(F)(F)F)c1)N[C@@H]1CCS(=O)(=O)C1. The van der Waals surface area contributed by atoms with Gasteiger partial charge in [0.05, 0.1) is 28.5 Å². The Morgan fingerprint density at radius 3 is 2.70 bits per heavy atom. The Kier molecular flexibility index (Phi) is 6.43. The zero-order valence-electron chi connectivity index (χ0n) is 17.0. The summed E-state index contributed by atoms with van der Waals surface area (Å²) in [6.45, 7) is 0. The van der Waals surface area contributed by atoms with Gasteiger partial charge in [0.15, 0.2) is 20.8 Å². The third-order valence-electron chi connectivity index (χ3n) is 4.91. The van der Waals surface area contributed by atoms with Crippen LogP contribution in [-0.4, -0.2) is 57.4 Å². The summed E-state index contributed by atoms with van der Waals surface area (Å²) in [4.78, 5) is 16.4. The van der Waals surface area contributed by atoms with Gasteiger partial charge in [-0.15, -0.1) is 10.2 Å². The first-order valence-electron chi connectivity index (χ1n) is 9.78. The second-order valence-electron chi connectivity index (χ2n) is 7.39. The highest BCUT2D eigenvalue weighted by atomic mass is 32.2. The molecule has 0 bridgehead atoms. The molecular formula is C20H18F3N5O3S2. The molecule has 3 heterocycles. The number of hydrogen-bond donors (Lipinski definition) is 1. The Labute approximate surface area is 191 Å². The van der Waals surface area contributed by atoms with Crippen LogP contribution >= 0.6 is 11.8 Å². The highest BCUT2D eigenvalue weighted by Gasteiger charge is 2.31. The molecule has 8 nitrogen and oxygen atoms in total. The van der Waals surface area contributed by atoms with E-state index < -0.39 is 33.5 Å². The van der Waals surface area contributed by atoms with Crippen molar-refractivity contribution >= 4 is 27.5 Å². The van der Waals surface area contributed by atoms with Crippen molar-refractivity contribution in [3.05, 3.63) is 54.4 Å². The van der Waals surface area contributed by atoms with Crippen molar-refractivity contribution in [1.82, 2.24) is 25.1 Å². The molecule has 0 radical (unpaired) electrons. The number of nitrogens with zero attached hydrogens (tertiary/aromatic N) is 4. The summed E-state index contributed by atoms with van der Waals surface area (Å²) in [6.07, 6.45) is -1.12. The Hall–Kier alpha value is -2.93. The molecule has 13 heteroatoms. The molecule has 1 fully saturated rings. The summed E-state index contributed by atoms with van der Waals surface area (Å²) >= 11 is 0.988. The predicted molar refractivity (Wildman–Crippen MR) is 116 cm³/mol. The number of carbonyl (C=O) groups excluding carboxylic acids is 1. The molecule has 0 saturated carbocycles. The average Bonchev–Trinajstić information content (AvgIpc) is 3.35. The van der Waals surface area contributed by atoms with Crippen LogP contribution in [-0.2, 0) is 20.8 Å². The number of thioether (sulfide) groups is 1. The van der Waals surface area contributed by atoms with E-state index in [1.807, 2.05) is 0 Å². The molecule has 1 aromatic carbocycles. The minimum absolute atomic E-state index is 0.0312. The highest BCUT2D eigenvalue weighted by Crippen LogP contribution is 2.33. The number of benzene rings is 1. The van der Waals surface area contributed by atoms with Crippen LogP contribution < -0.4 is 5.32 Å². The molecule has 0 spiro atoms. The van der Waals surface area contributed by atoms with Crippen LogP contribution in [0.25, 0.3) is 17.1 Å². The molecule has 0 aliphatic carbocycles. The van der Waals surface area contributed by atoms with Gasteiger partial charge in [0.25, 0.3) is 0 Å². The molecule has 2 aromatic heterocycles. The van der Waals surface area contributed by atoms with Gasteiger partial charge in [0.1, 0.15) is 0 Å². The summed E-state index contributed by atoms with van der Waals surface area (Å²) < 4.78 is 64.4. The Bertz CT molecular complexity index is 1260. The first-order chi connectivity index (χ1) is 15.6. The zero-order valence-corrected chi connectivity index (χ0v) is 18.6. The molecule has 4 rings (SSSR count). The lowest BCUT2D eigenvalue weighted by Crippen LogP contribution is -2.36. The molecule has 1 aliphatic heterocycles. The summed E-state index contributed by atoms with van der Waals surface area (Å²) in [5.74, 6) is -0.310. The van der Waals surface area contributed by atoms with E-state index in [9.17, 15) is 26.4 Å². The van der Waals surface area contributed by atoms with E-state index in [1.54, 1.807) is 18.3 Å². The van der Waals surface area contributed by atoms with Crippen LogP contribution in [0.5, 0.6) is 0 Å². The number of rotatable bonds is 6. The summed E-state index contributed by atoms with van der Waals surface area (Å²) in [6, 6.07) is 7.64. The Balaban J connectivity index is 1.61. The van der Waals surface area contributed by atoms with Crippen molar-refractivity contribution in [3.63, 3.8) is 0 Å². The molecule has 3 aromatic rings. The van der Waals surface area contributed by atoms with Crippen LogP contribution in [0.3, 0.4) is 0 Å². The van der Waals surface area contributed by atoms with Crippen LogP contribution in [0.2, 0.25) is 0 Å². The topological polar surface area (TPSA) is 107 Å². The van der Waals surface area contributed by atoms with Gasteiger partial charge in [-0.05, 0) is 36.8 Å². The van der Waals surface area contributed by atoms with E-state index in [4.69, 9.17) is 0 Å². The average molecular weight is 498 g/mol. The lowest BCUT2D eigenvalue weighted by molar-refractivity contribution is -0.137. The molecule has 0 unspecified atom stereocenters. The summed E-state index contributed by atoms with van der Waals surface area (Å²) in [5.41, 5.74) is -0.115. The molecule has 1 saturated heterocycles. The first kappa shape index (κ1) is 23.2. The maximum absolute atomic E-state index is 13.3. The van der Waals surface area contributed by atoms with Gasteiger partial charge in [-0.1, -0.05) is 17.8 Å². The molecular weight excluding hydrogens is 479 g/mol. The number of nitrogens with one attached hydrogen (secondary N) is 1. The van der Waals surface area contributed by atoms with Gasteiger partial charge in [0, 0.05) is 24.0 Å². The molecule has 174 valence electrons. The van der Waals surface area contributed by atoms with Crippen molar-refractivity contribution in [2.24, 2.45) is 0 Å². The zero-order chi connectivity index (χ0) is 23.6. The highest BCUT2D eigenvalue weighted by molar-refractivity contribution is 7.99. The molecule has 1 amide bonds. The van der Waals surface area contributed by atoms with Gasteiger partial charge < -0.3 is 5.32 Å². The molecule has 1 N–H and O–H groups in total. The number of sulfone groups is 1. The third-order valence-corrected chi connectivity index (χ3v) is 7.61. The largest absolute Gasteiger partial charge is 0.416 e. The maximum Gasteiger partial charge on any atom is 0.416 e. The third kappa shape index (κ3) is 5.53. The standard InChI is InChI=1S/C20H18F3N5O3S2/c21-20(22,23)14-4-1-5-16(9-14)28-18(13-3-2-7-24-10-13)26-27-19(28)32-11-17(29)25-15-6-8-33(30,31)12-15/h1-5,7,9-10,15H,6,8,11-12H2,(H,25,29)/t15-/m1/s1. The summed E-state index contributed by atoms with van der Waals surface area (Å²) in [5, 5.41) is 11.1. The van der Waals surface area contributed by atoms with Crippen molar-refractivity contribution in [1.29, 1.82) is 0 Å². The Morgan fingerprint density at radius 1 is 1.21 bits per heavy atom. The maximum atomic E-state index is 13.3. The fourth-order valence-corrected chi connectivity index (χ4v) is 5.84. The van der Waals surface area contributed by atoms with Gasteiger partial charge in [0.2, 0.25) is 5.91 Å². The van der Waals surface area contributed by atoms with Crippen molar-refractivity contribution in [3.8, 4) is 17.1 Å². The van der Waals surface area contributed by atoms with Crippen LogP contribution in [0.15, 0.2) is 53.9 Å². The minimum atomic E-state index is -4.53. The van der Waals surface area contributed by atoms with Crippen molar-refractivity contribution in [2.75, 3.05) is 17.3 Å². The van der Waals surface area contributed by atoms with E-state index in [-0.39, 0.29) is 33.9 Å². The number of aromatic nitrogens is 4. The number of amides is 1. The van der Waals surface area contributed by atoms with E-state index >= 15 is 0 Å². The number of hydrogen-bond acceptors (Lipinski definition) is 7. The smallest absolute Gasteiger partial charge is 0.352 e. The van der Waals surface area contributed by atoms with Gasteiger partial charge >= 0.3 is 6.18 Å². The normalized spacial score (nSPS) is 17.7. The number of pyridine rings is 1. The number of carbonyl (C=O) groups is 1. The van der Waals surface area contributed by atoms with E-state index in [1.165, 1.54) is 22.9 Å². The van der Waals surface area contributed by atoms with E-state index in [0.717, 1.165) is 23.9 Å². The molecule has 1 aliphatic rings. The van der Waals surface area contributed by atoms with Gasteiger partial charge in [-0.2, -0.15) is 13.2 Å². The first-order valence-corrected chi connectivity index (χ1v) is 12.6. The number of halogens is 3. The van der Waals surface area contributed by atoms with E-state index in [0.29, 0.717) is 12.0 Å². The van der Waals surface area contributed by atoms with Crippen LogP contribution in [0.1, 0.15) is 12.0 Å². The second-order valence-corrected chi connectivity index (χ2v) is 10.6. The van der Waals surface area contributed by atoms with Crippen LogP contribution in [0, 0.1) is 0 Å². The Morgan fingerprint density at radius 2 is 2.03 bits per heavy atom. The monoisotopic (exact) mass is 497 g/mol. The predicted octanol–water partition coefficient (Wildman–Crippen LogP) is 2.74. The number of alkyl halides is 3. The van der Waals surface area contributed by atoms with E-state index in [2.05, 4.69) is 20.5 Å². The summed E-state index contributed by atoms with van der Waals surface area (Å²) in [7, 11) is -3.14. The lowest BCUT2D eigenvalue weighted by atomic mass is 10.2. The van der Waals surface area contributed by atoms with Crippen molar-refractivity contribution < 1.29 is 26.4 Å². The fourth-order valence-electron chi connectivity index (χ4n) is 3.41. The van der Waals surface area contributed by atoms with Gasteiger partial charge in [-0.3, -0.25) is 14.3 Å².